The fourth-order valence-electron chi connectivity index (χ4n) is 3.93. The van der Waals surface area contributed by atoms with Crippen molar-refractivity contribution in [1.82, 2.24) is 10.2 Å². The van der Waals surface area contributed by atoms with E-state index < -0.39 is 0 Å². The molecule has 0 saturated heterocycles. The standard InChI is InChI=1S/C19H28N2O/c1-21(2)13-15-10-6-7-11-18(15)20-19(22)17-12-16(17)14-8-4-3-5-9-14/h3-5,8-9,15-18H,6-7,10-13H2,1-2H3,(H,20,22). The predicted molar refractivity (Wildman–Crippen MR) is 89.7 cm³/mol. The third kappa shape index (κ3) is 3.70. The summed E-state index contributed by atoms with van der Waals surface area (Å²) in [5, 5.41) is 3.37. The van der Waals surface area contributed by atoms with Crippen LogP contribution < -0.4 is 5.32 Å². The lowest BCUT2D eigenvalue weighted by Crippen LogP contribution is -2.46. The van der Waals surface area contributed by atoms with Crippen LogP contribution in [0.2, 0.25) is 0 Å². The van der Waals surface area contributed by atoms with Crippen LogP contribution in [0.3, 0.4) is 0 Å². The van der Waals surface area contributed by atoms with Crippen LogP contribution in [-0.2, 0) is 4.79 Å². The van der Waals surface area contributed by atoms with E-state index in [9.17, 15) is 4.79 Å². The van der Waals surface area contributed by atoms with Crippen molar-refractivity contribution < 1.29 is 4.79 Å². The Bertz CT molecular complexity index is 499. The van der Waals surface area contributed by atoms with Crippen molar-refractivity contribution >= 4 is 5.91 Å². The van der Waals surface area contributed by atoms with E-state index in [0.29, 0.717) is 17.9 Å². The number of rotatable bonds is 5. The van der Waals surface area contributed by atoms with Gasteiger partial charge in [0, 0.05) is 18.5 Å². The first-order valence-corrected chi connectivity index (χ1v) is 8.65. The minimum absolute atomic E-state index is 0.198. The zero-order valence-electron chi connectivity index (χ0n) is 13.8. The van der Waals surface area contributed by atoms with E-state index in [-0.39, 0.29) is 11.8 Å². The van der Waals surface area contributed by atoms with Crippen molar-refractivity contribution in [1.29, 1.82) is 0 Å². The summed E-state index contributed by atoms with van der Waals surface area (Å²) in [5.41, 5.74) is 1.32. The monoisotopic (exact) mass is 300 g/mol. The molecule has 0 bridgehead atoms. The van der Waals surface area contributed by atoms with Gasteiger partial charge >= 0.3 is 0 Å². The number of hydrogen-bond acceptors (Lipinski definition) is 2. The summed E-state index contributed by atoms with van der Waals surface area (Å²) in [7, 11) is 4.25. The van der Waals surface area contributed by atoms with Gasteiger partial charge < -0.3 is 10.2 Å². The van der Waals surface area contributed by atoms with E-state index >= 15 is 0 Å². The Labute approximate surface area is 134 Å². The van der Waals surface area contributed by atoms with Gasteiger partial charge in [-0.1, -0.05) is 43.2 Å². The highest BCUT2D eigenvalue weighted by molar-refractivity contribution is 5.83. The van der Waals surface area contributed by atoms with Gasteiger partial charge in [-0.25, -0.2) is 0 Å². The van der Waals surface area contributed by atoms with Gasteiger partial charge in [0.15, 0.2) is 0 Å². The SMILES string of the molecule is CN(C)CC1CCCCC1NC(=O)C1CC1c1ccccc1. The first kappa shape index (κ1) is 15.5. The number of carbonyl (C=O) groups excluding carboxylic acids is 1. The van der Waals surface area contributed by atoms with Crippen molar-refractivity contribution in [3.05, 3.63) is 35.9 Å². The number of carbonyl (C=O) groups is 1. The molecule has 2 aliphatic carbocycles. The normalized spacial score (nSPS) is 31.0. The first-order chi connectivity index (χ1) is 10.6. The van der Waals surface area contributed by atoms with Gasteiger partial charge in [0.1, 0.15) is 0 Å². The number of nitrogens with zero attached hydrogens (tertiary/aromatic N) is 1. The Kier molecular flexibility index (Phi) is 4.82. The minimum atomic E-state index is 0.198. The molecule has 0 radical (unpaired) electrons. The molecule has 0 heterocycles. The molecule has 3 heteroatoms. The number of hydrogen-bond donors (Lipinski definition) is 1. The van der Waals surface area contributed by atoms with Gasteiger partial charge in [0.2, 0.25) is 5.91 Å². The molecule has 3 nitrogen and oxygen atoms in total. The molecular weight excluding hydrogens is 272 g/mol. The highest BCUT2D eigenvalue weighted by Crippen LogP contribution is 2.47. The molecule has 1 aromatic carbocycles. The van der Waals surface area contributed by atoms with E-state index in [0.717, 1.165) is 19.4 Å². The summed E-state index contributed by atoms with van der Waals surface area (Å²) in [4.78, 5) is 14.8. The van der Waals surface area contributed by atoms with Gasteiger partial charge in [-0.05, 0) is 50.8 Å². The van der Waals surface area contributed by atoms with Gasteiger partial charge in [-0.15, -0.1) is 0 Å². The van der Waals surface area contributed by atoms with E-state index in [2.05, 4.69) is 48.6 Å². The molecule has 22 heavy (non-hydrogen) atoms. The summed E-state index contributed by atoms with van der Waals surface area (Å²) in [6.07, 6.45) is 5.96. The Morgan fingerprint density at radius 3 is 2.64 bits per heavy atom. The second-order valence-corrected chi connectivity index (χ2v) is 7.28. The summed E-state index contributed by atoms with van der Waals surface area (Å²) in [6, 6.07) is 10.8. The second-order valence-electron chi connectivity index (χ2n) is 7.28. The van der Waals surface area contributed by atoms with Crippen molar-refractivity contribution in [2.75, 3.05) is 20.6 Å². The molecule has 2 aliphatic rings. The topological polar surface area (TPSA) is 32.3 Å². The molecule has 0 aromatic heterocycles. The predicted octanol–water partition coefficient (Wildman–Crippen LogP) is 3.03. The summed E-state index contributed by atoms with van der Waals surface area (Å²) in [6.45, 7) is 1.08. The maximum Gasteiger partial charge on any atom is 0.223 e. The Hall–Kier alpha value is -1.35. The molecule has 120 valence electrons. The fraction of sp³-hybridized carbons (Fsp3) is 0.632. The average Bonchev–Trinajstić information content (AvgIpc) is 3.30. The molecule has 3 rings (SSSR count). The Balaban J connectivity index is 1.55. The highest BCUT2D eigenvalue weighted by atomic mass is 16.2. The molecule has 0 spiro atoms. The van der Waals surface area contributed by atoms with Gasteiger partial charge in [-0.2, -0.15) is 0 Å². The van der Waals surface area contributed by atoms with Crippen LogP contribution >= 0.6 is 0 Å². The van der Waals surface area contributed by atoms with Crippen LogP contribution in [-0.4, -0.2) is 37.5 Å². The molecule has 1 amide bonds. The molecule has 4 atom stereocenters. The average molecular weight is 300 g/mol. The summed E-state index contributed by atoms with van der Waals surface area (Å²) in [5.74, 6) is 1.53. The number of nitrogens with one attached hydrogen (secondary N) is 1. The fourth-order valence-corrected chi connectivity index (χ4v) is 3.93. The van der Waals surface area contributed by atoms with Crippen molar-refractivity contribution in [2.24, 2.45) is 11.8 Å². The lowest BCUT2D eigenvalue weighted by molar-refractivity contribution is -0.123. The van der Waals surface area contributed by atoms with Gasteiger partial charge in [0.25, 0.3) is 0 Å². The lowest BCUT2D eigenvalue weighted by Gasteiger charge is -2.34. The first-order valence-electron chi connectivity index (χ1n) is 8.65. The van der Waals surface area contributed by atoms with E-state index in [1.54, 1.807) is 0 Å². The second kappa shape index (κ2) is 6.82. The molecule has 2 saturated carbocycles. The third-order valence-corrected chi connectivity index (χ3v) is 5.19. The quantitative estimate of drug-likeness (QED) is 0.906. The molecule has 2 fully saturated rings. The van der Waals surface area contributed by atoms with E-state index in [1.165, 1.54) is 24.8 Å². The maximum atomic E-state index is 12.6. The highest BCUT2D eigenvalue weighted by Gasteiger charge is 2.44. The molecule has 0 aliphatic heterocycles. The van der Waals surface area contributed by atoms with Crippen LogP contribution in [0.4, 0.5) is 0 Å². The van der Waals surface area contributed by atoms with Crippen LogP contribution in [0.5, 0.6) is 0 Å². The minimum Gasteiger partial charge on any atom is -0.353 e. The molecule has 1 N–H and O–H groups in total. The van der Waals surface area contributed by atoms with Crippen molar-refractivity contribution in [2.45, 2.75) is 44.1 Å². The Morgan fingerprint density at radius 2 is 1.91 bits per heavy atom. The van der Waals surface area contributed by atoms with E-state index in [4.69, 9.17) is 0 Å². The van der Waals surface area contributed by atoms with Crippen LogP contribution in [0.15, 0.2) is 30.3 Å². The maximum absolute atomic E-state index is 12.6. The zero-order valence-corrected chi connectivity index (χ0v) is 13.8. The zero-order chi connectivity index (χ0) is 15.5. The molecular formula is C19H28N2O. The van der Waals surface area contributed by atoms with Crippen molar-refractivity contribution in [3.63, 3.8) is 0 Å². The Morgan fingerprint density at radius 1 is 1.18 bits per heavy atom. The van der Waals surface area contributed by atoms with Crippen LogP contribution in [0.25, 0.3) is 0 Å². The molecule has 1 aromatic rings. The number of amides is 1. The van der Waals surface area contributed by atoms with Crippen LogP contribution in [0.1, 0.15) is 43.6 Å². The largest absolute Gasteiger partial charge is 0.353 e. The summed E-state index contributed by atoms with van der Waals surface area (Å²) < 4.78 is 0. The van der Waals surface area contributed by atoms with Crippen LogP contribution in [0, 0.1) is 11.8 Å². The van der Waals surface area contributed by atoms with Crippen molar-refractivity contribution in [3.8, 4) is 0 Å². The lowest BCUT2D eigenvalue weighted by atomic mass is 9.84. The van der Waals surface area contributed by atoms with E-state index in [1.807, 2.05) is 6.07 Å². The molecule has 4 unspecified atom stereocenters. The van der Waals surface area contributed by atoms with Gasteiger partial charge in [-0.3, -0.25) is 4.79 Å². The smallest absolute Gasteiger partial charge is 0.223 e. The number of benzene rings is 1. The summed E-state index contributed by atoms with van der Waals surface area (Å²) >= 11 is 0. The third-order valence-electron chi connectivity index (χ3n) is 5.19. The van der Waals surface area contributed by atoms with Gasteiger partial charge in [0.05, 0.1) is 0 Å².